The highest BCUT2D eigenvalue weighted by molar-refractivity contribution is 6.22. The maximum atomic E-state index is 12.0. The van der Waals surface area contributed by atoms with E-state index >= 15 is 0 Å². The Morgan fingerprint density at radius 3 is 2.41 bits per heavy atom. The number of aromatic carboxylic acids is 1. The molecule has 1 heterocycles. The van der Waals surface area contributed by atoms with Crippen molar-refractivity contribution in [3.05, 3.63) is 90.0 Å². The van der Waals surface area contributed by atoms with Crippen molar-refractivity contribution in [3.63, 3.8) is 0 Å². The number of aromatic nitrogens is 1. The molecule has 0 unspecified atom stereocenters. The zero-order chi connectivity index (χ0) is 20.0. The van der Waals surface area contributed by atoms with E-state index < -0.39 is 5.97 Å². The van der Waals surface area contributed by atoms with Crippen molar-refractivity contribution in [1.29, 1.82) is 0 Å². The Labute approximate surface area is 167 Å². The minimum absolute atomic E-state index is 0.285. The Bertz CT molecular complexity index is 1380. The lowest BCUT2D eigenvalue weighted by molar-refractivity contribution is 0.0699. The first-order chi connectivity index (χ1) is 14.2. The number of carboxylic acid groups (broad SMARTS) is 1. The molecule has 0 bridgehead atoms. The third-order valence-electron chi connectivity index (χ3n) is 5.47. The summed E-state index contributed by atoms with van der Waals surface area (Å²) in [6.07, 6.45) is 0. The van der Waals surface area contributed by atoms with E-state index in [2.05, 4.69) is 28.8 Å². The van der Waals surface area contributed by atoms with Crippen molar-refractivity contribution in [1.82, 2.24) is 4.57 Å². The molecule has 0 aliphatic carbocycles. The lowest BCUT2D eigenvalue weighted by Gasteiger charge is -2.11. The number of fused-ring (bicyclic) bond motifs is 4. The lowest BCUT2D eigenvalue weighted by Crippen LogP contribution is -2.00. The molecule has 29 heavy (non-hydrogen) atoms. The molecule has 5 aromatic rings. The molecule has 0 aliphatic heterocycles. The number of methoxy groups -OCH3 is 1. The van der Waals surface area contributed by atoms with Crippen molar-refractivity contribution in [2.75, 3.05) is 7.11 Å². The van der Waals surface area contributed by atoms with Crippen LogP contribution in [0, 0.1) is 0 Å². The first-order valence-corrected chi connectivity index (χ1v) is 9.47. The van der Waals surface area contributed by atoms with Gasteiger partial charge in [0.05, 0.1) is 29.1 Å². The lowest BCUT2D eigenvalue weighted by atomic mass is 10.0. The molecule has 0 radical (unpaired) electrons. The van der Waals surface area contributed by atoms with Crippen LogP contribution < -0.4 is 4.74 Å². The fourth-order valence-electron chi connectivity index (χ4n) is 4.24. The standard InChI is InChI=1S/C25H19NO3/c1-29-24-18-11-6-5-10-17(18)14-21-23(24)22-19(25(27)28)12-7-13-20(22)26(21)15-16-8-3-2-4-9-16/h2-14H,15H2,1H3,(H,27,28). The topological polar surface area (TPSA) is 51.5 Å². The van der Waals surface area contributed by atoms with E-state index in [0.29, 0.717) is 17.7 Å². The molecule has 1 N–H and O–H groups in total. The van der Waals surface area contributed by atoms with Gasteiger partial charge in [0.2, 0.25) is 0 Å². The second-order valence-electron chi connectivity index (χ2n) is 7.10. The second kappa shape index (κ2) is 6.67. The zero-order valence-electron chi connectivity index (χ0n) is 15.9. The molecule has 0 atom stereocenters. The Morgan fingerprint density at radius 1 is 0.897 bits per heavy atom. The number of benzene rings is 4. The van der Waals surface area contributed by atoms with E-state index in [1.165, 1.54) is 0 Å². The predicted molar refractivity (Wildman–Crippen MR) is 116 cm³/mol. The number of hydrogen-bond acceptors (Lipinski definition) is 2. The highest BCUT2D eigenvalue weighted by Crippen LogP contribution is 2.42. The summed E-state index contributed by atoms with van der Waals surface area (Å²) < 4.78 is 8.02. The van der Waals surface area contributed by atoms with E-state index in [1.54, 1.807) is 19.2 Å². The Kier molecular flexibility index (Phi) is 3.98. The molecule has 0 fully saturated rings. The van der Waals surface area contributed by atoms with Crippen LogP contribution in [-0.2, 0) is 6.54 Å². The molecule has 0 spiro atoms. The van der Waals surface area contributed by atoms with Crippen LogP contribution in [0.4, 0.5) is 0 Å². The fourth-order valence-corrected chi connectivity index (χ4v) is 4.24. The van der Waals surface area contributed by atoms with Gasteiger partial charge in [0.15, 0.2) is 0 Å². The molecule has 0 aliphatic rings. The van der Waals surface area contributed by atoms with Crippen molar-refractivity contribution in [2.45, 2.75) is 6.54 Å². The first kappa shape index (κ1) is 17.3. The Hall–Kier alpha value is -3.79. The van der Waals surface area contributed by atoms with Crippen LogP contribution in [0.25, 0.3) is 32.6 Å². The summed E-state index contributed by atoms with van der Waals surface area (Å²) in [7, 11) is 1.64. The average Bonchev–Trinajstić information content (AvgIpc) is 3.06. The molecule has 0 saturated carbocycles. The number of carbonyl (C=O) groups is 1. The minimum Gasteiger partial charge on any atom is -0.495 e. The SMILES string of the molecule is COc1c2ccccc2cc2c1c1c(C(=O)O)cccc1n2Cc1ccccc1. The predicted octanol–water partition coefficient (Wildman–Crippen LogP) is 5.70. The molecule has 4 heteroatoms. The molecule has 0 saturated heterocycles. The molecule has 0 amide bonds. The molecule has 4 aromatic carbocycles. The molecular weight excluding hydrogens is 362 g/mol. The van der Waals surface area contributed by atoms with Gasteiger partial charge < -0.3 is 14.4 Å². The first-order valence-electron chi connectivity index (χ1n) is 9.47. The maximum absolute atomic E-state index is 12.0. The summed E-state index contributed by atoms with van der Waals surface area (Å²) in [5.74, 6) is -0.229. The summed E-state index contributed by atoms with van der Waals surface area (Å²) in [4.78, 5) is 12.0. The molecular formula is C25H19NO3. The van der Waals surface area contributed by atoms with Gasteiger partial charge in [-0.25, -0.2) is 4.79 Å². The van der Waals surface area contributed by atoms with Crippen LogP contribution in [0.5, 0.6) is 5.75 Å². The number of nitrogens with zero attached hydrogens (tertiary/aromatic N) is 1. The molecule has 1 aromatic heterocycles. The third kappa shape index (κ3) is 2.64. The third-order valence-corrected chi connectivity index (χ3v) is 5.47. The highest BCUT2D eigenvalue weighted by atomic mass is 16.5. The second-order valence-corrected chi connectivity index (χ2v) is 7.10. The minimum atomic E-state index is -0.940. The van der Waals surface area contributed by atoms with Crippen LogP contribution >= 0.6 is 0 Å². The van der Waals surface area contributed by atoms with E-state index in [4.69, 9.17) is 4.74 Å². The van der Waals surface area contributed by atoms with Gasteiger partial charge in [0.25, 0.3) is 0 Å². The number of rotatable bonds is 4. The Balaban J connectivity index is 1.98. The van der Waals surface area contributed by atoms with Crippen molar-refractivity contribution < 1.29 is 14.6 Å². The normalized spacial score (nSPS) is 11.3. The van der Waals surface area contributed by atoms with Gasteiger partial charge in [-0.2, -0.15) is 0 Å². The quantitative estimate of drug-likeness (QED) is 0.434. The monoisotopic (exact) mass is 381 g/mol. The number of ether oxygens (including phenoxy) is 1. The summed E-state index contributed by atoms with van der Waals surface area (Å²) >= 11 is 0. The summed E-state index contributed by atoms with van der Waals surface area (Å²) in [5.41, 5.74) is 3.29. The van der Waals surface area contributed by atoms with Gasteiger partial charge in [-0.15, -0.1) is 0 Å². The van der Waals surface area contributed by atoms with Gasteiger partial charge in [0, 0.05) is 17.3 Å². The largest absolute Gasteiger partial charge is 0.495 e. The van der Waals surface area contributed by atoms with Crippen molar-refractivity contribution in [2.24, 2.45) is 0 Å². The van der Waals surface area contributed by atoms with Gasteiger partial charge in [-0.05, 0) is 29.1 Å². The summed E-state index contributed by atoms with van der Waals surface area (Å²) in [6.45, 7) is 0.644. The van der Waals surface area contributed by atoms with E-state index in [9.17, 15) is 9.90 Å². The zero-order valence-corrected chi connectivity index (χ0v) is 15.9. The van der Waals surface area contributed by atoms with Gasteiger partial charge in [0.1, 0.15) is 5.75 Å². The van der Waals surface area contributed by atoms with Crippen LogP contribution in [-0.4, -0.2) is 22.8 Å². The van der Waals surface area contributed by atoms with E-state index in [0.717, 1.165) is 32.8 Å². The smallest absolute Gasteiger partial charge is 0.336 e. The summed E-state index contributed by atoms with van der Waals surface area (Å²) in [6, 6.07) is 25.8. The summed E-state index contributed by atoms with van der Waals surface area (Å²) in [5, 5.41) is 13.5. The number of hydrogen-bond donors (Lipinski definition) is 1. The highest BCUT2D eigenvalue weighted by Gasteiger charge is 2.22. The Morgan fingerprint density at radius 2 is 1.66 bits per heavy atom. The fraction of sp³-hybridized carbons (Fsp3) is 0.0800. The average molecular weight is 381 g/mol. The van der Waals surface area contributed by atoms with Crippen LogP contribution in [0.15, 0.2) is 78.9 Å². The van der Waals surface area contributed by atoms with Crippen molar-refractivity contribution in [3.8, 4) is 5.75 Å². The molecule has 142 valence electrons. The van der Waals surface area contributed by atoms with Crippen molar-refractivity contribution >= 4 is 38.5 Å². The maximum Gasteiger partial charge on any atom is 0.336 e. The molecule has 5 rings (SSSR count). The van der Waals surface area contributed by atoms with E-state index in [1.807, 2.05) is 42.5 Å². The van der Waals surface area contributed by atoms with Crippen LogP contribution in [0.1, 0.15) is 15.9 Å². The molecule has 4 nitrogen and oxygen atoms in total. The van der Waals surface area contributed by atoms with Crippen LogP contribution in [0.3, 0.4) is 0 Å². The van der Waals surface area contributed by atoms with Crippen LogP contribution in [0.2, 0.25) is 0 Å². The van der Waals surface area contributed by atoms with Gasteiger partial charge >= 0.3 is 5.97 Å². The van der Waals surface area contributed by atoms with Gasteiger partial charge in [-0.1, -0.05) is 60.7 Å². The van der Waals surface area contributed by atoms with Gasteiger partial charge in [-0.3, -0.25) is 0 Å². The number of carboxylic acids is 1. The van der Waals surface area contributed by atoms with E-state index in [-0.39, 0.29) is 5.56 Å².